The Morgan fingerprint density at radius 1 is 1.55 bits per heavy atom. The van der Waals surface area contributed by atoms with E-state index in [0.717, 1.165) is 22.3 Å². The smallest absolute Gasteiger partial charge is 0.345 e. The molecule has 1 unspecified atom stereocenters. The summed E-state index contributed by atoms with van der Waals surface area (Å²) >= 11 is 1.36. The van der Waals surface area contributed by atoms with Crippen LogP contribution in [-0.2, 0) is 0 Å². The van der Waals surface area contributed by atoms with Crippen molar-refractivity contribution in [3.05, 3.63) is 16.6 Å². The molecule has 3 rings (SSSR count). The van der Waals surface area contributed by atoms with Gasteiger partial charge in [0.15, 0.2) is 0 Å². The molecular weight excluding hydrogens is 272 g/mol. The zero-order valence-electron chi connectivity index (χ0n) is 11.9. The number of nitrogens with zero attached hydrogens (tertiary/aromatic N) is 2. The van der Waals surface area contributed by atoms with Crippen LogP contribution in [0.5, 0.6) is 0 Å². The maximum Gasteiger partial charge on any atom is 0.345 e. The van der Waals surface area contributed by atoms with Crippen molar-refractivity contribution >= 4 is 27.5 Å². The minimum Gasteiger partial charge on any atom is -0.477 e. The standard InChI is InChI=1S/C15H20N2O2S/c1-3-9(2)17-14-11(8-12(20-14)15(18)19)13(16-17)10-6-4-5-7-10/h8-10H,3-7H2,1-2H3,(H,18,19). The number of thiophene rings is 1. The summed E-state index contributed by atoms with van der Waals surface area (Å²) in [6, 6.07) is 2.13. The van der Waals surface area contributed by atoms with Crippen molar-refractivity contribution in [1.29, 1.82) is 0 Å². The molecule has 0 aromatic carbocycles. The van der Waals surface area contributed by atoms with Gasteiger partial charge < -0.3 is 5.11 Å². The van der Waals surface area contributed by atoms with Gasteiger partial charge in [0.2, 0.25) is 0 Å². The zero-order chi connectivity index (χ0) is 14.3. The van der Waals surface area contributed by atoms with E-state index in [-0.39, 0.29) is 0 Å². The number of carbonyl (C=O) groups is 1. The minimum atomic E-state index is -0.834. The SMILES string of the molecule is CCC(C)n1nc(C2CCCC2)c2cc(C(=O)O)sc21. The second kappa shape index (κ2) is 5.20. The third-order valence-corrected chi connectivity index (χ3v) is 5.49. The van der Waals surface area contributed by atoms with Crippen LogP contribution in [0.4, 0.5) is 0 Å². The van der Waals surface area contributed by atoms with E-state index < -0.39 is 5.97 Å². The van der Waals surface area contributed by atoms with Crippen molar-refractivity contribution in [3.8, 4) is 0 Å². The van der Waals surface area contributed by atoms with Crippen LogP contribution >= 0.6 is 11.3 Å². The molecule has 1 fully saturated rings. The Bertz CT molecular complexity index is 638. The van der Waals surface area contributed by atoms with E-state index in [0.29, 0.717) is 16.8 Å². The zero-order valence-corrected chi connectivity index (χ0v) is 12.7. The average molecular weight is 292 g/mol. The summed E-state index contributed by atoms with van der Waals surface area (Å²) in [5.74, 6) is -0.321. The van der Waals surface area contributed by atoms with Crippen LogP contribution in [0.3, 0.4) is 0 Å². The largest absolute Gasteiger partial charge is 0.477 e. The molecular formula is C15H20N2O2S. The van der Waals surface area contributed by atoms with E-state index in [9.17, 15) is 9.90 Å². The fourth-order valence-corrected chi connectivity index (χ4v) is 4.09. The van der Waals surface area contributed by atoms with Gasteiger partial charge in [0.25, 0.3) is 0 Å². The van der Waals surface area contributed by atoms with Crippen molar-refractivity contribution in [3.63, 3.8) is 0 Å². The van der Waals surface area contributed by atoms with Crippen LogP contribution in [0.25, 0.3) is 10.2 Å². The summed E-state index contributed by atoms with van der Waals surface area (Å²) in [6.07, 6.45) is 5.90. The molecule has 2 heterocycles. The molecule has 0 saturated heterocycles. The van der Waals surface area contributed by atoms with Gasteiger partial charge in [-0.2, -0.15) is 5.10 Å². The van der Waals surface area contributed by atoms with Gasteiger partial charge in [0.1, 0.15) is 9.71 Å². The molecule has 1 atom stereocenters. The fraction of sp³-hybridized carbons (Fsp3) is 0.600. The Morgan fingerprint density at radius 3 is 2.85 bits per heavy atom. The van der Waals surface area contributed by atoms with E-state index in [1.807, 2.05) is 10.7 Å². The number of rotatable bonds is 4. The molecule has 1 aliphatic rings. The predicted octanol–water partition coefficient (Wildman–Crippen LogP) is 4.42. The van der Waals surface area contributed by atoms with Crippen LogP contribution in [0, 0.1) is 0 Å². The van der Waals surface area contributed by atoms with Gasteiger partial charge >= 0.3 is 5.97 Å². The number of carboxylic acid groups (broad SMARTS) is 1. The van der Waals surface area contributed by atoms with E-state index in [1.54, 1.807) is 0 Å². The molecule has 1 aliphatic carbocycles. The summed E-state index contributed by atoms with van der Waals surface area (Å²) in [5, 5.41) is 15.1. The molecule has 20 heavy (non-hydrogen) atoms. The first-order valence-corrected chi connectivity index (χ1v) is 8.18. The van der Waals surface area contributed by atoms with E-state index in [2.05, 4.69) is 13.8 Å². The molecule has 4 nitrogen and oxygen atoms in total. The summed E-state index contributed by atoms with van der Waals surface area (Å²) in [6.45, 7) is 4.28. The maximum absolute atomic E-state index is 11.2. The van der Waals surface area contributed by atoms with Crippen LogP contribution in [0.1, 0.15) is 73.3 Å². The monoisotopic (exact) mass is 292 g/mol. The molecule has 2 aromatic heterocycles. The van der Waals surface area contributed by atoms with E-state index in [1.165, 1.54) is 37.0 Å². The van der Waals surface area contributed by atoms with E-state index >= 15 is 0 Å². The number of carboxylic acids is 1. The first-order chi connectivity index (χ1) is 9.61. The fourth-order valence-electron chi connectivity index (χ4n) is 3.03. The number of hydrogen-bond donors (Lipinski definition) is 1. The van der Waals surface area contributed by atoms with Gasteiger partial charge in [0.05, 0.1) is 11.7 Å². The van der Waals surface area contributed by atoms with Crippen molar-refractivity contribution in [2.45, 2.75) is 57.9 Å². The molecule has 0 spiro atoms. The summed E-state index contributed by atoms with van der Waals surface area (Å²) in [7, 11) is 0. The van der Waals surface area contributed by atoms with Gasteiger partial charge in [-0.15, -0.1) is 11.3 Å². The third-order valence-electron chi connectivity index (χ3n) is 4.37. The van der Waals surface area contributed by atoms with E-state index in [4.69, 9.17) is 5.10 Å². The Hall–Kier alpha value is -1.36. The maximum atomic E-state index is 11.2. The second-order valence-electron chi connectivity index (χ2n) is 5.70. The highest BCUT2D eigenvalue weighted by atomic mass is 32.1. The van der Waals surface area contributed by atoms with Gasteiger partial charge in [-0.3, -0.25) is 4.68 Å². The average Bonchev–Trinajstić information content (AvgIpc) is 3.12. The lowest BCUT2D eigenvalue weighted by Gasteiger charge is -2.10. The first-order valence-electron chi connectivity index (χ1n) is 7.37. The molecule has 0 aliphatic heterocycles. The van der Waals surface area contributed by atoms with Crippen LogP contribution in [0.2, 0.25) is 0 Å². The summed E-state index contributed by atoms with van der Waals surface area (Å²) in [4.78, 5) is 12.7. The van der Waals surface area contributed by atoms with Crippen molar-refractivity contribution in [2.24, 2.45) is 0 Å². The number of aromatic nitrogens is 2. The Balaban J connectivity index is 2.15. The lowest BCUT2D eigenvalue weighted by molar-refractivity contribution is 0.0702. The molecule has 5 heteroatoms. The van der Waals surface area contributed by atoms with Crippen LogP contribution < -0.4 is 0 Å². The minimum absolute atomic E-state index is 0.313. The third kappa shape index (κ3) is 2.14. The molecule has 108 valence electrons. The van der Waals surface area contributed by atoms with Gasteiger partial charge in [-0.25, -0.2) is 4.79 Å². The Morgan fingerprint density at radius 2 is 2.25 bits per heavy atom. The highest BCUT2D eigenvalue weighted by molar-refractivity contribution is 7.20. The summed E-state index contributed by atoms with van der Waals surface area (Å²) in [5.41, 5.74) is 1.13. The normalized spacial score (nSPS) is 17.9. The lowest BCUT2D eigenvalue weighted by Crippen LogP contribution is -2.06. The molecule has 0 bridgehead atoms. The topological polar surface area (TPSA) is 55.1 Å². The molecule has 2 aromatic rings. The van der Waals surface area contributed by atoms with Gasteiger partial charge in [-0.1, -0.05) is 19.8 Å². The molecule has 0 radical (unpaired) electrons. The number of aromatic carboxylic acids is 1. The van der Waals surface area contributed by atoms with Gasteiger partial charge in [-0.05, 0) is 32.3 Å². The highest BCUT2D eigenvalue weighted by Crippen LogP contribution is 2.40. The van der Waals surface area contributed by atoms with Gasteiger partial charge in [0, 0.05) is 11.3 Å². The quantitative estimate of drug-likeness (QED) is 0.907. The van der Waals surface area contributed by atoms with Crippen molar-refractivity contribution < 1.29 is 9.90 Å². The Labute approximate surface area is 122 Å². The first kappa shape index (κ1) is 13.6. The Kier molecular flexibility index (Phi) is 3.54. The van der Waals surface area contributed by atoms with Crippen LogP contribution in [0.15, 0.2) is 6.07 Å². The molecule has 1 N–H and O–H groups in total. The molecule has 1 saturated carbocycles. The lowest BCUT2D eigenvalue weighted by atomic mass is 10.0. The van der Waals surface area contributed by atoms with Crippen molar-refractivity contribution in [1.82, 2.24) is 9.78 Å². The highest BCUT2D eigenvalue weighted by Gasteiger charge is 2.26. The summed E-state index contributed by atoms with van der Waals surface area (Å²) < 4.78 is 2.04. The van der Waals surface area contributed by atoms with Crippen LogP contribution in [-0.4, -0.2) is 20.9 Å². The molecule has 0 amide bonds. The number of fused-ring (bicyclic) bond motifs is 1. The number of hydrogen-bond acceptors (Lipinski definition) is 3. The predicted molar refractivity (Wildman–Crippen MR) is 80.8 cm³/mol. The second-order valence-corrected chi connectivity index (χ2v) is 6.73. The van der Waals surface area contributed by atoms with Crippen molar-refractivity contribution in [2.75, 3.05) is 0 Å².